The van der Waals surface area contributed by atoms with Gasteiger partial charge in [-0.1, -0.05) is 17.7 Å². The maximum atomic E-state index is 12.3. The van der Waals surface area contributed by atoms with Gasteiger partial charge in [-0.15, -0.1) is 0 Å². The van der Waals surface area contributed by atoms with E-state index in [2.05, 4.69) is 4.98 Å². The van der Waals surface area contributed by atoms with Crippen molar-refractivity contribution in [2.24, 2.45) is 5.73 Å². The third-order valence-corrected chi connectivity index (χ3v) is 4.27. The zero-order chi connectivity index (χ0) is 13.3. The predicted octanol–water partition coefficient (Wildman–Crippen LogP) is 1.45. The lowest BCUT2D eigenvalue weighted by atomic mass is 10.2. The Labute approximate surface area is 106 Å². The summed E-state index contributed by atoms with van der Waals surface area (Å²) in [5.74, 6) is 0. The van der Waals surface area contributed by atoms with Crippen LogP contribution in [0.4, 0.5) is 0 Å². The molecule has 1 aromatic heterocycles. The standard InChI is InChI=1S/C12H15N3O2S/c1-9-3-5-11(6-4-9)18(16,17)15-7-12(10(2)13)14-8-15/h3-8,10H,13H2,1-2H3. The molecule has 0 aliphatic rings. The van der Waals surface area contributed by atoms with Crippen molar-refractivity contribution in [3.8, 4) is 0 Å². The Morgan fingerprint density at radius 2 is 1.89 bits per heavy atom. The molecule has 2 N–H and O–H groups in total. The maximum Gasteiger partial charge on any atom is 0.268 e. The average molecular weight is 265 g/mol. The molecule has 2 rings (SSSR count). The summed E-state index contributed by atoms with van der Waals surface area (Å²) in [6.07, 6.45) is 2.72. The Morgan fingerprint density at radius 3 is 2.39 bits per heavy atom. The molecule has 0 aliphatic carbocycles. The highest BCUT2D eigenvalue weighted by Crippen LogP contribution is 2.16. The van der Waals surface area contributed by atoms with Gasteiger partial charge >= 0.3 is 0 Å². The number of nitrogens with zero attached hydrogens (tertiary/aromatic N) is 2. The lowest BCUT2D eigenvalue weighted by molar-refractivity contribution is 0.587. The quantitative estimate of drug-likeness (QED) is 0.911. The Hall–Kier alpha value is -1.66. The first-order valence-electron chi connectivity index (χ1n) is 5.53. The van der Waals surface area contributed by atoms with E-state index >= 15 is 0 Å². The van der Waals surface area contributed by atoms with E-state index in [1.54, 1.807) is 31.2 Å². The van der Waals surface area contributed by atoms with Crippen LogP contribution in [-0.4, -0.2) is 17.4 Å². The molecule has 0 aliphatic heterocycles. The fraction of sp³-hybridized carbons (Fsp3) is 0.250. The molecule has 18 heavy (non-hydrogen) atoms. The van der Waals surface area contributed by atoms with E-state index in [1.165, 1.54) is 12.5 Å². The van der Waals surface area contributed by atoms with E-state index in [-0.39, 0.29) is 10.9 Å². The van der Waals surface area contributed by atoms with Gasteiger partial charge in [-0.3, -0.25) is 0 Å². The van der Waals surface area contributed by atoms with Gasteiger partial charge in [0, 0.05) is 12.2 Å². The molecule has 1 atom stereocenters. The van der Waals surface area contributed by atoms with Gasteiger partial charge in [0.05, 0.1) is 10.6 Å². The van der Waals surface area contributed by atoms with Gasteiger partial charge in [0.2, 0.25) is 0 Å². The first-order valence-corrected chi connectivity index (χ1v) is 6.97. The van der Waals surface area contributed by atoms with Gasteiger partial charge in [-0.2, -0.15) is 0 Å². The van der Waals surface area contributed by atoms with Crippen LogP contribution in [0.2, 0.25) is 0 Å². The van der Waals surface area contributed by atoms with E-state index in [0.717, 1.165) is 9.54 Å². The second-order valence-corrected chi connectivity index (χ2v) is 6.08. The van der Waals surface area contributed by atoms with Crippen molar-refractivity contribution in [1.29, 1.82) is 0 Å². The molecule has 0 saturated heterocycles. The number of aromatic nitrogens is 2. The second-order valence-electron chi connectivity index (χ2n) is 4.24. The van der Waals surface area contributed by atoms with Crippen LogP contribution in [0, 0.1) is 6.92 Å². The summed E-state index contributed by atoms with van der Waals surface area (Å²) >= 11 is 0. The fourth-order valence-corrected chi connectivity index (χ4v) is 2.66. The van der Waals surface area contributed by atoms with Crippen molar-refractivity contribution >= 4 is 10.0 Å². The predicted molar refractivity (Wildman–Crippen MR) is 68.6 cm³/mol. The van der Waals surface area contributed by atoms with Gasteiger partial charge in [0.25, 0.3) is 10.0 Å². The molecule has 0 saturated carbocycles. The maximum absolute atomic E-state index is 12.3. The van der Waals surface area contributed by atoms with Crippen molar-refractivity contribution in [2.75, 3.05) is 0 Å². The number of rotatable bonds is 3. The van der Waals surface area contributed by atoms with Crippen molar-refractivity contribution < 1.29 is 8.42 Å². The zero-order valence-corrected chi connectivity index (χ0v) is 11.1. The average Bonchev–Trinajstić information content (AvgIpc) is 2.79. The van der Waals surface area contributed by atoms with Gasteiger partial charge in [-0.05, 0) is 26.0 Å². The molecule has 6 heteroatoms. The molecule has 2 aromatic rings. The van der Waals surface area contributed by atoms with E-state index in [1.807, 2.05) is 6.92 Å². The van der Waals surface area contributed by atoms with E-state index in [4.69, 9.17) is 5.73 Å². The molecule has 0 bridgehead atoms. The minimum atomic E-state index is -3.57. The van der Waals surface area contributed by atoms with Crippen molar-refractivity contribution in [3.63, 3.8) is 0 Å². The monoisotopic (exact) mass is 265 g/mol. The first-order chi connectivity index (χ1) is 8.41. The number of nitrogens with two attached hydrogens (primary N) is 1. The Balaban J connectivity index is 2.44. The summed E-state index contributed by atoms with van der Waals surface area (Å²) in [6, 6.07) is 6.39. The highest BCUT2D eigenvalue weighted by molar-refractivity contribution is 7.90. The fourth-order valence-electron chi connectivity index (χ4n) is 1.52. The summed E-state index contributed by atoms with van der Waals surface area (Å²) in [4.78, 5) is 4.22. The second kappa shape index (κ2) is 4.55. The summed E-state index contributed by atoms with van der Waals surface area (Å²) in [7, 11) is -3.57. The van der Waals surface area contributed by atoms with Gasteiger partial charge in [0.1, 0.15) is 6.33 Å². The Bertz CT molecular complexity index is 642. The molecule has 0 radical (unpaired) electrons. The third-order valence-electron chi connectivity index (χ3n) is 2.64. The minimum Gasteiger partial charge on any atom is -0.323 e. The molecular weight excluding hydrogens is 250 g/mol. The third kappa shape index (κ3) is 2.30. The number of hydrogen-bond donors (Lipinski definition) is 1. The summed E-state index contributed by atoms with van der Waals surface area (Å²) in [5.41, 5.74) is 7.22. The summed E-state index contributed by atoms with van der Waals surface area (Å²) in [5, 5.41) is 0. The lowest BCUT2D eigenvalue weighted by Crippen LogP contribution is -2.11. The van der Waals surface area contributed by atoms with Crippen molar-refractivity contribution in [1.82, 2.24) is 8.96 Å². The number of benzene rings is 1. The number of imidazole rings is 1. The molecule has 1 heterocycles. The molecular formula is C12H15N3O2S. The molecule has 0 amide bonds. The molecule has 0 fully saturated rings. The van der Waals surface area contributed by atoms with Gasteiger partial charge < -0.3 is 5.73 Å². The van der Waals surface area contributed by atoms with Crippen LogP contribution in [0.25, 0.3) is 0 Å². The van der Waals surface area contributed by atoms with Crippen LogP contribution < -0.4 is 5.73 Å². The summed E-state index contributed by atoms with van der Waals surface area (Å²) in [6.45, 7) is 3.66. The zero-order valence-electron chi connectivity index (χ0n) is 10.2. The van der Waals surface area contributed by atoms with E-state index in [0.29, 0.717) is 5.69 Å². The first kappa shape index (κ1) is 12.8. The van der Waals surface area contributed by atoms with Crippen LogP contribution in [0.5, 0.6) is 0 Å². The van der Waals surface area contributed by atoms with E-state index < -0.39 is 10.0 Å². The number of hydrogen-bond acceptors (Lipinski definition) is 4. The molecule has 5 nitrogen and oxygen atoms in total. The highest BCUT2D eigenvalue weighted by atomic mass is 32.2. The molecule has 1 aromatic carbocycles. The largest absolute Gasteiger partial charge is 0.323 e. The number of aryl methyl sites for hydroxylation is 1. The smallest absolute Gasteiger partial charge is 0.268 e. The molecule has 0 spiro atoms. The molecule has 1 unspecified atom stereocenters. The van der Waals surface area contributed by atoms with Crippen LogP contribution in [0.3, 0.4) is 0 Å². The van der Waals surface area contributed by atoms with Crippen LogP contribution in [-0.2, 0) is 10.0 Å². The topological polar surface area (TPSA) is 78.0 Å². The lowest BCUT2D eigenvalue weighted by Gasteiger charge is -2.05. The van der Waals surface area contributed by atoms with Crippen molar-refractivity contribution in [3.05, 3.63) is 48.0 Å². The Morgan fingerprint density at radius 1 is 1.28 bits per heavy atom. The van der Waals surface area contributed by atoms with Crippen LogP contribution in [0.1, 0.15) is 24.2 Å². The summed E-state index contributed by atoms with van der Waals surface area (Å²) < 4.78 is 25.6. The van der Waals surface area contributed by atoms with Crippen LogP contribution >= 0.6 is 0 Å². The normalized spacial score (nSPS) is 13.5. The molecule has 96 valence electrons. The van der Waals surface area contributed by atoms with Gasteiger partial charge in [-0.25, -0.2) is 17.4 Å². The SMILES string of the molecule is Cc1ccc(S(=O)(=O)n2cnc(C(C)N)c2)cc1. The Kier molecular flexibility index (Phi) is 3.23. The van der Waals surface area contributed by atoms with Crippen LogP contribution in [0.15, 0.2) is 41.7 Å². The highest BCUT2D eigenvalue weighted by Gasteiger charge is 2.17. The van der Waals surface area contributed by atoms with Crippen molar-refractivity contribution in [2.45, 2.75) is 24.8 Å². The van der Waals surface area contributed by atoms with Gasteiger partial charge in [0.15, 0.2) is 0 Å². The minimum absolute atomic E-state index is 0.238. The van der Waals surface area contributed by atoms with E-state index in [9.17, 15) is 8.42 Å².